The number of carbonyl (C=O) groups is 3. The van der Waals surface area contributed by atoms with E-state index in [4.69, 9.17) is 16.3 Å². The van der Waals surface area contributed by atoms with Gasteiger partial charge in [-0.3, -0.25) is 15.1 Å². The summed E-state index contributed by atoms with van der Waals surface area (Å²) >= 11 is 6.10. The van der Waals surface area contributed by atoms with Gasteiger partial charge in [-0.25, -0.2) is 20.0 Å². The van der Waals surface area contributed by atoms with E-state index >= 15 is 0 Å². The van der Waals surface area contributed by atoms with Gasteiger partial charge in [-0.2, -0.15) is 0 Å². The van der Waals surface area contributed by atoms with Gasteiger partial charge in [0.25, 0.3) is 0 Å². The predicted molar refractivity (Wildman–Crippen MR) is 119 cm³/mol. The van der Waals surface area contributed by atoms with Gasteiger partial charge in [0.1, 0.15) is 12.4 Å². The molecule has 2 amide bonds. The summed E-state index contributed by atoms with van der Waals surface area (Å²) in [6, 6.07) is 14.6. The third-order valence-electron chi connectivity index (χ3n) is 4.57. The summed E-state index contributed by atoms with van der Waals surface area (Å²) in [5.41, 5.74) is 3.42. The molecule has 10 heteroatoms. The van der Waals surface area contributed by atoms with Crippen LogP contribution in [0.1, 0.15) is 12.5 Å². The number of carboxylic acid groups (broad SMARTS) is 1. The van der Waals surface area contributed by atoms with E-state index < -0.39 is 30.6 Å². The molecule has 2 aromatic carbocycles. The maximum atomic E-state index is 12.2. The van der Waals surface area contributed by atoms with Crippen LogP contribution in [0.2, 0.25) is 5.02 Å². The van der Waals surface area contributed by atoms with Crippen LogP contribution in [-0.4, -0.2) is 45.7 Å². The number of ether oxygens (including phenoxy) is 1. The van der Waals surface area contributed by atoms with Crippen LogP contribution in [0.15, 0.2) is 60.8 Å². The fourth-order valence-corrected chi connectivity index (χ4v) is 3.16. The van der Waals surface area contributed by atoms with Crippen molar-refractivity contribution >= 4 is 46.2 Å². The van der Waals surface area contributed by atoms with Gasteiger partial charge in [-0.1, -0.05) is 54.1 Å². The second-order valence-corrected chi connectivity index (χ2v) is 7.22. The van der Waals surface area contributed by atoms with Gasteiger partial charge in [-0.15, -0.1) is 0 Å². The van der Waals surface area contributed by atoms with Crippen molar-refractivity contribution in [3.05, 3.63) is 71.4 Å². The van der Waals surface area contributed by atoms with Crippen molar-refractivity contribution in [3.8, 4) is 0 Å². The lowest BCUT2D eigenvalue weighted by molar-refractivity contribution is -0.154. The van der Waals surface area contributed by atoms with Gasteiger partial charge in [0, 0.05) is 30.1 Å². The average Bonchev–Trinajstić information content (AvgIpc) is 2.76. The monoisotopic (exact) mass is 456 g/mol. The van der Waals surface area contributed by atoms with E-state index in [1.165, 1.54) is 6.92 Å². The molecule has 3 aromatic rings. The molecule has 3 N–H and O–H groups in total. The lowest BCUT2D eigenvalue weighted by Crippen LogP contribution is -2.54. The number of carboxylic acids is 1. The lowest BCUT2D eigenvalue weighted by atomic mass is 10.2. The number of aliphatic carboxylic acids is 1. The fraction of sp³-hybridized carbons (Fsp3) is 0.182. The Hall–Kier alpha value is -3.69. The van der Waals surface area contributed by atoms with Crippen LogP contribution in [0.5, 0.6) is 0 Å². The van der Waals surface area contributed by atoms with Crippen LogP contribution < -0.4 is 10.7 Å². The number of nitrogens with one attached hydrogen (secondary N) is 2. The smallest absolute Gasteiger partial charge is 0.412 e. The minimum Gasteiger partial charge on any atom is -0.480 e. The molecular formula is C22H21ClN4O5. The van der Waals surface area contributed by atoms with Crippen molar-refractivity contribution < 1.29 is 24.2 Å². The number of benzene rings is 2. The predicted octanol–water partition coefficient (Wildman–Crippen LogP) is 3.44. The van der Waals surface area contributed by atoms with Crippen LogP contribution in [0.4, 0.5) is 10.6 Å². The molecule has 1 atom stereocenters. The molecule has 0 unspecified atom stereocenters. The highest BCUT2D eigenvalue weighted by Crippen LogP contribution is 2.17. The maximum absolute atomic E-state index is 12.2. The quantitative estimate of drug-likeness (QED) is 0.444. The molecule has 0 radical (unpaired) electrons. The van der Waals surface area contributed by atoms with Crippen molar-refractivity contribution in [3.63, 3.8) is 0 Å². The Balaban J connectivity index is 1.63. The molecule has 166 valence electrons. The number of aromatic nitrogens is 1. The van der Waals surface area contributed by atoms with E-state index in [1.54, 1.807) is 36.5 Å². The van der Waals surface area contributed by atoms with Gasteiger partial charge in [0.05, 0.1) is 0 Å². The van der Waals surface area contributed by atoms with Gasteiger partial charge in [0.15, 0.2) is 6.04 Å². The van der Waals surface area contributed by atoms with E-state index in [0.717, 1.165) is 15.8 Å². The number of amides is 2. The highest BCUT2D eigenvalue weighted by Gasteiger charge is 2.29. The summed E-state index contributed by atoms with van der Waals surface area (Å²) in [7, 11) is 0. The van der Waals surface area contributed by atoms with E-state index in [0.29, 0.717) is 10.6 Å². The van der Waals surface area contributed by atoms with Gasteiger partial charge in [0.2, 0.25) is 5.91 Å². The Morgan fingerprint density at radius 1 is 1.12 bits per heavy atom. The summed E-state index contributed by atoms with van der Waals surface area (Å²) in [5.74, 6) is -1.66. The number of hydrazine groups is 1. The summed E-state index contributed by atoms with van der Waals surface area (Å²) < 4.78 is 5.06. The molecule has 0 saturated carbocycles. The van der Waals surface area contributed by atoms with Crippen LogP contribution >= 0.6 is 11.6 Å². The summed E-state index contributed by atoms with van der Waals surface area (Å²) in [4.78, 5) is 40.1. The molecule has 0 fully saturated rings. The van der Waals surface area contributed by atoms with Gasteiger partial charge in [-0.05, 0) is 23.1 Å². The Labute approximate surface area is 188 Å². The van der Waals surface area contributed by atoms with Crippen molar-refractivity contribution in [1.82, 2.24) is 15.4 Å². The van der Waals surface area contributed by atoms with Crippen LogP contribution in [0, 0.1) is 0 Å². The highest BCUT2D eigenvalue weighted by atomic mass is 35.5. The first-order chi connectivity index (χ1) is 15.3. The van der Waals surface area contributed by atoms with Crippen molar-refractivity contribution in [2.75, 3.05) is 11.9 Å². The lowest BCUT2D eigenvalue weighted by Gasteiger charge is -2.28. The number of rotatable bonds is 8. The van der Waals surface area contributed by atoms with Crippen molar-refractivity contribution in [1.29, 1.82) is 0 Å². The van der Waals surface area contributed by atoms with Crippen LogP contribution in [-0.2, 0) is 20.9 Å². The Morgan fingerprint density at radius 2 is 1.81 bits per heavy atom. The van der Waals surface area contributed by atoms with Crippen molar-refractivity contribution in [2.24, 2.45) is 0 Å². The number of hydrogen-bond acceptors (Lipinski definition) is 6. The Morgan fingerprint density at radius 3 is 2.50 bits per heavy atom. The second-order valence-electron chi connectivity index (χ2n) is 6.81. The third-order valence-corrected chi connectivity index (χ3v) is 4.94. The zero-order chi connectivity index (χ0) is 23.1. The van der Waals surface area contributed by atoms with Crippen LogP contribution in [0.3, 0.4) is 0 Å². The van der Waals surface area contributed by atoms with E-state index in [9.17, 15) is 19.5 Å². The van der Waals surface area contributed by atoms with E-state index in [1.807, 2.05) is 24.3 Å². The standard InChI is InChI=1S/C22H21ClN4O5/c1-14(28)27(25-12-17-8-4-5-9-18(17)23)19(21(29)30)13-32-22(31)26-20-10-15-6-2-3-7-16(15)11-24-20/h2-11,19,25H,12-13H2,1H3,(H,29,30)(H,24,26,31)/t19-/m1/s1. The normalized spacial score (nSPS) is 11.6. The van der Waals surface area contributed by atoms with Gasteiger partial charge >= 0.3 is 12.1 Å². The molecule has 9 nitrogen and oxygen atoms in total. The molecule has 3 rings (SSSR count). The SMILES string of the molecule is CC(=O)N(NCc1ccccc1Cl)[C@H](COC(=O)Nc1cc2ccccc2cn1)C(=O)O. The largest absolute Gasteiger partial charge is 0.480 e. The first-order valence-corrected chi connectivity index (χ1v) is 10.0. The van der Waals surface area contributed by atoms with Crippen molar-refractivity contribution in [2.45, 2.75) is 19.5 Å². The van der Waals surface area contributed by atoms with E-state index in [-0.39, 0.29) is 12.4 Å². The Kier molecular flexibility index (Phi) is 7.58. The molecule has 32 heavy (non-hydrogen) atoms. The number of fused-ring (bicyclic) bond motifs is 1. The molecule has 0 spiro atoms. The number of hydrogen-bond donors (Lipinski definition) is 3. The first-order valence-electron chi connectivity index (χ1n) is 9.63. The molecule has 0 bridgehead atoms. The highest BCUT2D eigenvalue weighted by molar-refractivity contribution is 6.31. The topological polar surface area (TPSA) is 121 Å². The Bertz CT molecular complexity index is 1140. The zero-order valence-corrected chi connectivity index (χ0v) is 17.9. The number of carbonyl (C=O) groups excluding carboxylic acids is 2. The molecule has 1 heterocycles. The number of pyridine rings is 1. The van der Waals surface area contributed by atoms with E-state index in [2.05, 4.69) is 15.7 Å². The number of halogens is 1. The molecule has 1 aromatic heterocycles. The minimum absolute atomic E-state index is 0.107. The minimum atomic E-state index is -1.45. The number of anilines is 1. The number of nitrogens with zero attached hydrogens (tertiary/aromatic N) is 2. The molecule has 0 aliphatic heterocycles. The molecule has 0 aliphatic rings. The maximum Gasteiger partial charge on any atom is 0.412 e. The van der Waals surface area contributed by atoms with Crippen LogP contribution in [0.25, 0.3) is 10.8 Å². The molecule has 0 saturated heterocycles. The molecular weight excluding hydrogens is 436 g/mol. The fourth-order valence-electron chi connectivity index (χ4n) is 2.96. The summed E-state index contributed by atoms with van der Waals surface area (Å²) in [6.07, 6.45) is 0.704. The average molecular weight is 457 g/mol. The molecule has 0 aliphatic carbocycles. The summed E-state index contributed by atoms with van der Waals surface area (Å²) in [5, 5.41) is 15.2. The first kappa shape index (κ1) is 23.0. The van der Waals surface area contributed by atoms with Gasteiger partial charge < -0.3 is 9.84 Å². The zero-order valence-electron chi connectivity index (χ0n) is 17.1. The summed E-state index contributed by atoms with van der Waals surface area (Å²) in [6.45, 7) is 0.731. The third kappa shape index (κ3) is 5.93. The second kappa shape index (κ2) is 10.6.